The van der Waals surface area contributed by atoms with Gasteiger partial charge in [-0.3, -0.25) is 0 Å². The van der Waals surface area contributed by atoms with Crippen LogP contribution in [-0.4, -0.2) is 78.6 Å². The van der Waals surface area contributed by atoms with Gasteiger partial charge in [-0.25, -0.2) is 24.9 Å². The minimum absolute atomic E-state index is 0.0129. The maximum absolute atomic E-state index is 13.5. The first kappa shape index (κ1) is 43.4. The van der Waals surface area contributed by atoms with Gasteiger partial charge in [0.15, 0.2) is 18.1 Å². The van der Waals surface area contributed by atoms with Gasteiger partial charge in [0.2, 0.25) is 5.88 Å². The third kappa shape index (κ3) is 8.48. The highest BCUT2D eigenvalue weighted by molar-refractivity contribution is 5.74. The van der Waals surface area contributed by atoms with Crippen LogP contribution in [0.3, 0.4) is 0 Å². The molecule has 0 N–H and O–H groups in total. The van der Waals surface area contributed by atoms with Crippen LogP contribution in [0, 0.1) is 6.92 Å². The van der Waals surface area contributed by atoms with Crippen LogP contribution < -0.4 is 19.4 Å². The molecule has 7 heterocycles. The molecule has 7 aromatic rings. The lowest BCUT2D eigenvalue weighted by molar-refractivity contribution is -0.154. The minimum Gasteiger partial charge on any atom is -0.468 e. The summed E-state index contributed by atoms with van der Waals surface area (Å²) in [6.07, 6.45) is -6.85. The molecule has 0 saturated heterocycles. The summed E-state index contributed by atoms with van der Waals surface area (Å²) >= 11 is 0. The first-order valence-electron chi connectivity index (χ1n) is 21.2. The molecule has 338 valence electrons. The SMILES string of the molecule is Cc1nc(-c2ccc(-c3nc(-c4cccnc4OCC(F)(F)F)c4n3CCN(c3ccc(-c5nc(C(F)(F)F)cn5C)cc3)C4)nc2C(C)C)c2n1CCN(c1ccc(N(C)C)cc1)C2. The highest BCUT2D eigenvalue weighted by atomic mass is 19.4. The fourth-order valence-electron chi connectivity index (χ4n) is 8.71. The summed E-state index contributed by atoms with van der Waals surface area (Å²) in [4.78, 5) is 30.1. The van der Waals surface area contributed by atoms with Crippen molar-refractivity contribution < 1.29 is 31.1 Å². The number of ether oxygens (including phenoxy) is 1. The van der Waals surface area contributed by atoms with Gasteiger partial charge >= 0.3 is 12.4 Å². The molecule has 0 atom stereocenters. The lowest BCUT2D eigenvalue weighted by Crippen LogP contribution is -2.34. The van der Waals surface area contributed by atoms with Crippen LogP contribution in [0.1, 0.15) is 48.4 Å². The molecule has 2 aliphatic heterocycles. The number of imidazole rings is 3. The van der Waals surface area contributed by atoms with Gasteiger partial charge in [0.25, 0.3) is 0 Å². The molecule has 65 heavy (non-hydrogen) atoms. The number of pyridine rings is 2. The van der Waals surface area contributed by atoms with E-state index in [2.05, 4.69) is 67.3 Å². The number of rotatable bonds is 10. The molecule has 0 fully saturated rings. The molecule has 9 rings (SSSR count). The molecule has 18 heteroatoms. The van der Waals surface area contributed by atoms with E-state index in [9.17, 15) is 26.3 Å². The minimum atomic E-state index is -4.60. The van der Waals surface area contributed by atoms with Crippen molar-refractivity contribution in [2.24, 2.45) is 7.05 Å². The van der Waals surface area contributed by atoms with Gasteiger partial charge in [0.1, 0.15) is 17.3 Å². The Morgan fingerprint density at radius 2 is 1.34 bits per heavy atom. The summed E-state index contributed by atoms with van der Waals surface area (Å²) in [6, 6.07) is 22.9. The van der Waals surface area contributed by atoms with Crippen LogP contribution in [0.15, 0.2) is 85.2 Å². The van der Waals surface area contributed by atoms with Crippen molar-refractivity contribution in [3.05, 3.63) is 114 Å². The zero-order chi connectivity index (χ0) is 45.9. The summed E-state index contributed by atoms with van der Waals surface area (Å²) in [5.74, 6) is 1.41. The zero-order valence-electron chi connectivity index (χ0n) is 36.7. The van der Waals surface area contributed by atoms with Gasteiger partial charge in [0.05, 0.1) is 47.1 Å². The van der Waals surface area contributed by atoms with Crippen LogP contribution in [0.25, 0.3) is 45.4 Å². The quantitative estimate of drug-likeness (QED) is 0.124. The Kier molecular flexibility index (Phi) is 11.1. The summed E-state index contributed by atoms with van der Waals surface area (Å²) < 4.78 is 91.6. The lowest BCUT2D eigenvalue weighted by atomic mass is 9.99. The third-order valence-electron chi connectivity index (χ3n) is 11.9. The molecule has 5 aromatic heterocycles. The number of nitrogens with zero attached hydrogens (tertiary/aromatic N) is 11. The van der Waals surface area contributed by atoms with Crippen molar-refractivity contribution in [1.82, 2.24) is 38.6 Å². The van der Waals surface area contributed by atoms with E-state index in [-0.39, 0.29) is 17.6 Å². The zero-order valence-corrected chi connectivity index (χ0v) is 36.7. The molecule has 2 aliphatic rings. The topological polar surface area (TPSA) is 98.2 Å². The van der Waals surface area contributed by atoms with Gasteiger partial charge < -0.3 is 33.1 Å². The fourth-order valence-corrected chi connectivity index (χ4v) is 8.71. The first-order valence-corrected chi connectivity index (χ1v) is 21.2. The molecule has 0 spiro atoms. The lowest BCUT2D eigenvalue weighted by Gasteiger charge is -2.32. The maximum Gasteiger partial charge on any atom is 0.434 e. The molecule has 0 aliphatic carbocycles. The van der Waals surface area contributed by atoms with Crippen molar-refractivity contribution in [3.63, 3.8) is 0 Å². The standard InChI is InChI=1S/C47H47F6N11O/c1-28(2)40-34(41-37-24-61(20-22-63(37)29(3)55-41)33-15-13-31(14-16-33)59(4)5)17-18-36(56-40)44-58-42(35-8-7-19-54-45(35)65-27-46(48,49)50)38-25-62(21-23-64(38)44)32-11-9-30(10-12-32)43-57-39(26-60(43)6)47(51,52)53/h7-19,26,28H,20-25,27H2,1-6H3. The monoisotopic (exact) mass is 895 g/mol. The first-order chi connectivity index (χ1) is 30.9. The van der Waals surface area contributed by atoms with Crippen molar-refractivity contribution in [1.29, 1.82) is 0 Å². The second-order valence-electron chi connectivity index (χ2n) is 16.9. The Hall–Kier alpha value is -6.85. The molecule has 2 aromatic carbocycles. The summed E-state index contributed by atoms with van der Waals surface area (Å²) in [5.41, 5.74) is 8.28. The van der Waals surface area contributed by atoms with E-state index in [1.54, 1.807) is 24.3 Å². The molecule has 0 radical (unpaired) electrons. The van der Waals surface area contributed by atoms with Crippen molar-refractivity contribution >= 4 is 17.1 Å². The normalized spacial score (nSPS) is 14.2. The molecular weight excluding hydrogens is 849 g/mol. The number of halogens is 6. The fraction of sp³-hybridized carbons (Fsp3) is 0.340. The smallest absolute Gasteiger partial charge is 0.434 e. The average molecular weight is 896 g/mol. The van der Waals surface area contributed by atoms with Crippen molar-refractivity contribution in [2.75, 3.05) is 48.5 Å². The molecule has 0 saturated carbocycles. The van der Waals surface area contributed by atoms with Crippen LogP contribution in [-0.2, 0) is 39.4 Å². The second kappa shape index (κ2) is 16.6. The number of hydrogen-bond acceptors (Lipinski definition) is 9. The van der Waals surface area contributed by atoms with E-state index in [4.69, 9.17) is 19.7 Å². The largest absolute Gasteiger partial charge is 0.468 e. The van der Waals surface area contributed by atoms with E-state index < -0.39 is 24.7 Å². The van der Waals surface area contributed by atoms with Gasteiger partial charge in [-0.1, -0.05) is 13.8 Å². The van der Waals surface area contributed by atoms with Crippen LogP contribution in [0.4, 0.5) is 43.4 Å². The Morgan fingerprint density at radius 3 is 1.95 bits per heavy atom. The van der Waals surface area contributed by atoms with Crippen molar-refractivity contribution in [2.45, 2.75) is 65.2 Å². The number of anilines is 3. The van der Waals surface area contributed by atoms with E-state index >= 15 is 0 Å². The van der Waals surface area contributed by atoms with Crippen LogP contribution in [0.2, 0.25) is 0 Å². The molecule has 12 nitrogen and oxygen atoms in total. The Labute approximate surface area is 371 Å². The average Bonchev–Trinajstić information content (AvgIpc) is 3.97. The predicted octanol–water partition coefficient (Wildman–Crippen LogP) is 9.77. The predicted molar refractivity (Wildman–Crippen MR) is 237 cm³/mol. The molecular formula is C47H47F6N11O. The van der Waals surface area contributed by atoms with E-state index in [1.807, 2.05) is 49.9 Å². The molecule has 0 unspecified atom stereocenters. The Balaban J connectivity index is 1.08. The maximum atomic E-state index is 13.5. The van der Waals surface area contributed by atoms with E-state index in [0.717, 1.165) is 64.8 Å². The van der Waals surface area contributed by atoms with E-state index in [0.29, 0.717) is 60.2 Å². The van der Waals surface area contributed by atoms with Crippen molar-refractivity contribution in [3.8, 4) is 51.3 Å². The van der Waals surface area contributed by atoms with Gasteiger partial charge in [-0.15, -0.1) is 0 Å². The Bertz CT molecular complexity index is 2860. The number of aromatic nitrogens is 8. The molecule has 0 amide bonds. The van der Waals surface area contributed by atoms with Crippen LogP contribution >= 0.6 is 0 Å². The van der Waals surface area contributed by atoms with Gasteiger partial charge in [-0.05, 0) is 85.6 Å². The number of benzene rings is 2. The summed E-state index contributed by atoms with van der Waals surface area (Å²) in [7, 11) is 5.56. The number of aryl methyl sites for hydroxylation is 2. The van der Waals surface area contributed by atoms with Gasteiger partial charge in [-0.2, -0.15) is 26.3 Å². The Morgan fingerprint density at radius 1 is 0.708 bits per heavy atom. The highest BCUT2D eigenvalue weighted by Crippen LogP contribution is 2.40. The number of hydrogen-bond donors (Lipinski definition) is 0. The van der Waals surface area contributed by atoms with Gasteiger partial charge in [0, 0.05) is 87.9 Å². The van der Waals surface area contributed by atoms with Crippen LogP contribution in [0.5, 0.6) is 5.88 Å². The van der Waals surface area contributed by atoms with E-state index in [1.165, 1.54) is 17.8 Å². The highest BCUT2D eigenvalue weighted by Gasteiger charge is 2.35. The summed E-state index contributed by atoms with van der Waals surface area (Å²) in [5, 5.41) is 0. The third-order valence-corrected chi connectivity index (χ3v) is 11.9. The number of alkyl halides is 6. The molecule has 0 bridgehead atoms. The second-order valence-corrected chi connectivity index (χ2v) is 16.9. The summed E-state index contributed by atoms with van der Waals surface area (Å²) in [6.45, 7) is 8.20. The number of fused-ring (bicyclic) bond motifs is 2.